The maximum atomic E-state index is 5.66. The molecule has 12 heavy (non-hydrogen) atoms. The van der Waals surface area contributed by atoms with Gasteiger partial charge in [-0.2, -0.15) is 11.8 Å². The summed E-state index contributed by atoms with van der Waals surface area (Å²) in [6, 6.07) is 0. The van der Waals surface area contributed by atoms with Crippen LogP contribution in [0.4, 0.5) is 0 Å². The highest BCUT2D eigenvalue weighted by Gasteiger charge is 2.26. The van der Waals surface area contributed by atoms with Gasteiger partial charge in [0.15, 0.2) is 0 Å². The van der Waals surface area contributed by atoms with Gasteiger partial charge in [-0.25, -0.2) is 0 Å². The van der Waals surface area contributed by atoms with E-state index in [4.69, 9.17) is 11.6 Å². The van der Waals surface area contributed by atoms with E-state index in [0.29, 0.717) is 4.75 Å². The summed E-state index contributed by atoms with van der Waals surface area (Å²) in [5, 5.41) is 0. The van der Waals surface area contributed by atoms with E-state index in [2.05, 4.69) is 30.5 Å². The van der Waals surface area contributed by atoms with Crippen molar-refractivity contribution in [3.63, 3.8) is 0 Å². The Hall–Kier alpha value is 0.600. The third kappa shape index (κ3) is 3.55. The fraction of sp³-hybridized carbons (Fsp3) is 1.00. The topological polar surface area (TPSA) is 3.24 Å². The third-order valence-electron chi connectivity index (χ3n) is 2.11. The van der Waals surface area contributed by atoms with Crippen molar-refractivity contribution >= 4 is 23.4 Å². The molecule has 0 aromatic carbocycles. The molecule has 1 aliphatic rings. The molecule has 0 atom stereocenters. The lowest BCUT2D eigenvalue weighted by Gasteiger charge is -2.37. The van der Waals surface area contributed by atoms with Crippen molar-refractivity contribution in [1.82, 2.24) is 4.90 Å². The molecule has 0 amide bonds. The zero-order chi connectivity index (χ0) is 9.03. The highest BCUT2D eigenvalue weighted by Crippen LogP contribution is 2.29. The zero-order valence-electron chi connectivity index (χ0n) is 7.98. The van der Waals surface area contributed by atoms with Gasteiger partial charge in [0.25, 0.3) is 0 Å². The number of rotatable bonds is 3. The Morgan fingerprint density at radius 2 is 2.25 bits per heavy atom. The van der Waals surface area contributed by atoms with Crippen LogP contribution in [0.25, 0.3) is 0 Å². The Labute approximate surface area is 84.8 Å². The maximum absolute atomic E-state index is 5.66. The van der Waals surface area contributed by atoms with Crippen molar-refractivity contribution in [3.05, 3.63) is 0 Å². The first-order valence-electron chi connectivity index (χ1n) is 4.56. The van der Waals surface area contributed by atoms with E-state index in [1.807, 2.05) is 0 Å². The van der Waals surface area contributed by atoms with Crippen molar-refractivity contribution in [3.8, 4) is 0 Å². The highest BCUT2D eigenvalue weighted by atomic mass is 35.5. The van der Waals surface area contributed by atoms with E-state index in [1.165, 1.54) is 25.4 Å². The molecule has 1 rings (SSSR count). The number of hydrogen-bond acceptors (Lipinski definition) is 2. The average molecular weight is 208 g/mol. The minimum atomic E-state index is 0.449. The maximum Gasteiger partial charge on any atom is 0.0235 e. The fourth-order valence-corrected chi connectivity index (χ4v) is 2.88. The lowest BCUT2D eigenvalue weighted by atomic mass is 10.2. The van der Waals surface area contributed by atoms with E-state index in [9.17, 15) is 0 Å². The second-order valence-corrected chi connectivity index (χ2v) is 6.11. The summed E-state index contributed by atoms with van der Waals surface area (Å²) in [7, 11) is 0. The molecule has 0 N–H and O–H groups in total. The summed E-state index contributed by atoms with van der Waals surface area (Å²) in [6.07, 6.45) is 1.13. The molecule has 0 unspecified atom stereocenters. The van der Waals surface area contributed by atoms with E-state index < -0.39 is 0 Å². The minimum Gasteiger partial charge on any atom is -0.301 e. The first-order valence-corrected chi connectivity index (χ1v) is 6.08. The molecule has 1 saturated heterocycles. The van der Waals surface area contributed by atoms with Crippen LogP contribution in [0.1, 0.15) is 20.3 Å². The normalized spacial score (nSPS) is 24.2. The van der Waals surface area contributed by atoms with E-state index in [0.717, 1.165) is 12.3 Å². The lowest BCUT2D eigenvalue weighted by Crippen LogP contribution is -2.43. The van der Waals surface area contributed by atoms with E-state index >= 15 is 0 Å². The Bertz CT molecular complexity index is 138. The molecule has 1 nitrogen and oxygen atoms in total. The molecule has 0 aromatic rings. The first-order chi connectivity index (χ1) is 5.64. The highest BCUT2D eigenvalue weighted by molar-refractivity contribution is 8.00. The van der Waals surface area contributed by atoms with Crippen molar-refractivity contribution in [2.75, 3.05) is 31.3 Å². The van der Waals surface area contributed by atoms with Crippen LogP contribution in [0.2, 0.25) is 0 Å². The standard InChI is InChI=1S/C9H18ClNS/c1-9(2)8-11(5-3-4-10)6-7-12-9/h3-8H2,1-2H3. The van der Waals surface area contributed by atoms with Crippen LogP contribution >= 0.6 is 23.4 Å². The van der Waals surface area contributed by atoms with Crippen LogP contribution in [0.15, 0.2) is 0 Å². The lowest BCUT2D eigenvalue weighted by molar-refractivity contribution is 0.261. The quantitative estimate of drug-likeness (QED) is 0.655. The second-order valence-electron chi connectivity index (χ2n) is 3.93. The summed E-state index contributed by atoms with van der Waals surface area (Å²) in [5.41, 5.74) is 0. The second kappa shape index (κ2) is 4.73. The summed E-state index contributed by atoms with van der Waals surface area (Å²) < 4.78 is 0.449. The molecular formula is C9H18ClNS. The predicted molar refractivity (Wildman–Crippen MR) is 58.3 cm³/mol. The molecule has 1 heterocycles. The predicted octanol–water partition coefficient (Wildman–Crippen LogP) is 2.44. The van der Waals surface area contributed by atoms with Gasteiger partial charge in [0, 0.05) is 29.5 Å². The average Bonchev–Trinajstić information content (AvgIpc) is 1.99. The number of halogens is 1. The van der Waals surface area contributed by atoms with Gasteiger partial charge in [0.1, 0.15) is 0 Å². The Morgan fingerprint density at radius 1 is 1.50 bits per heavy atom. The van der Waals surface area contributed by atoms with Crippen LogP contribution in [0.3, 0.4) is 0 Å². The van der Waals surface area contributed by atoms with Crippen LogP contribution in [0.5, 0.6) is 0 Å². The molecule has 0 aliphatic carbocycles. The van der Waals surface area contributed by atoms with Gasteiger partial charge in [-0.3, -0.25) is 0 Å². The Balaban J connectivity index is 2.26. The van der Waals surface area contributed by atoms with Crippen molar-refractivity contribution in [2.24, 2.45) is 0 Å². The van der Waals surface area contributed by atoms with Gasteiger partial charge >= 0.3 is 0 Å². The monoisotopic (exact) mass is 207 g/mol. The molecular weight excluding hydrogens is 190 g/mol. The molecule has 0 saturated carbocycles. The molecule has 0 radical (unpaired) electrons. The summed E-state index contributed by atoms with van der Waals surface area (Å²) in [5.74, 6) is 2.07. The number of hydrogen-bond donors (Lipinski definition) is 0. The molecule has 1 fully saturated rings. The van der Waals surface area contributed by atoms with Gasteiger partial charge < -0.3 is 4.90 Å². The van der Waals surface area contributed by atoms with Crippen molar-refractivity contribution < 1.29 is 0 Å². The number of alkyl halides is 1. The smallest absolute Gasteiger partial charge is 0.0235 e. The van der Waals surface area contributed by atoms with Crippen LogP contribution in [0, 0.1) is 0 Å². The van der Waals surface area contributed by atoms with Gasteiger partial charge in [-0.05, 0) is 26.8 Å². The number of thioether (sulfide) groups is 1. The fourth-order valence-electron chi connectivity index (χ4n) is 1.59. The molecule has 0 aromatic heterocycles. The molecule has 0 spiro atoms. The van der Waals surface area contributed by atoms with Gasteiger partial charge in [0.2, 0.25) is 0 Å². The van der Waals surface area contributed by atoms with E-state index in [1.54, 1.807) is 0 Å². The molecule has 0 bridgehead atoms. The van der Waals surface area contributed by atoms with Crippen molar-refractivity contribution in [2.45, 2.75) is 25.0 Å². The van der Waals surface area contributed by atoms with Crippen LogP contribution in [-0.4, -0.2) is 40.9 Å². The SMILES string of the molecule is CC1(C)CN(CCCCl)CCS1. The van der Waals surface area contributed by atoms with E-state index in [-0.39, 0.29) is 0 Å². The zero-order valence-corrected chi connectivity index (χ0v) is 9.55. The van der Waals surface area contributed by atoms with Gasteiger partial charge in [-0.15, -0.1) is 11.6 Å². The molecule has 72 valence electrons. The van der Waals surface area contributed by atoms with Gasteiger partial charge in [0.05, 0.1) is 0 Å². The van der Waals surface area contributed by atoms with Gasteiger partial charge in [-0.1, -0.05) is 0 Å². The summed E-state index contributed by atoms with van der Waals surface area (Å²) in [4.78, 5) is 2.53. The van der Waals surface area contributed by atoms with Crippen LogP contribution < -0.4 is 0 Å². The molecule has 3 heteroatoms. The minimum absolute atomic E-state index is 0.449. The Morgan fingerprint density at radius 3 is 2.83 bits per heavy atom. The van der Waals surface area contributed by atoms with Crippen LogP contribution in [-0.2, 0) is 0 Å². The number of nitrogens with zero attached hydrogens (tertiary/aromatic N) is 1. The molecule has 1 aliphatic heterocycles. The first kappa shape index (κ1) is 10.7. The summed E-state index contributed by atoms with van der Waals surface area (Å²) >= 11 is 7.74. The van der Waals surface area contributed by atoms with Crippen molar-refractivity contribution in [1.29, 1.82) is 0 Å². The Kier molecular flexibility index (Phi) is 4.21. The summed E-state index contributed by atoms with van der Waals surface area (Å²) in [6.45, 7) is 8.28. The third-order valence-corrected chi connectivity index (χ3v) is 3.68. The largest absolute Gasteiger partial charge is 0.301 e.